The second kappa shape index (κ2) is 5.79. The van der Waals surface area contributed by atoms with Crippen molar-refractivity contribution in [2.45, 2.75) is 6.04 Å². The molecule has 0 bridgehead atoms. The van der Waals surface area contributed by atoms with Gasteiger partial charge in [0.1, 0.15) is 5.75 Å². The van der Waals surface area contributed by atoms with Crippen LogP contribution in [0.1, 0.15) is 10.4 Å². The lowest BCUT2D eigenvalue weighted by molar-refractivity contribution is -0.151. The molecule has 0 aromatic heterocycles. The topological polar surface area (TPSA) is 102 Å². The Kier molecular flexibility index (Phi) is 4.09. The van der Waals surface area contributed by atoms with Crippen molar-refractivity contribution in [3.8, 4) is 5.75 Å². The van der Waals surface area contributed by atoms with Gasteiger partial charge in [-0.1, -0.05) is 0 Å². The predicted molar refractivity (Wildman–Crippen MR) is 70.2 cm³/mol. The van der Waals surface area contributed by atoms with Crippen LogP contribution in [0.4, 0.5) is 5.69 Å². The number of hydrogen-bond acceptors (Lipinski definition) is 6. The Labute approximate surface area is 115 Å². The number of aromatic hydroxyl groups is 1. The van der Waals surface area contributed by atoms with Gasteiger partial charge < -0.3 is 25.2 Å². The Morgan fingerprint density at radius 3 is 2.90 bits per heavy atom. The summed E-state index contributed by atoms with van der Waals surface area (Å²) in [5, 5.41) is 9.56. The molecule has 7 nitrogen and oxygen atoms in total. The molecule has 1 aromatic rings. The Bertz CT molecular complexity index is 531. The molecule has 108 valence electrons. The first-order chi connectivity index (χ1) is 9.54. The van der Waals surface area contributed by atoms with E-state index in [1.54, 1.807) is 0 Å². The molecule has 1 unspecified atom stereocenters. The van der Waals surface area contributed by atoms with Gasteiger partial charge in [-0.2, -0.15) is 0 Å². The van der Waals surface area contributed by atoms with Crippen LogP contribution in [0.2, 0.25) is 0 Å². The summed E-state index contributed by atoms with van der Waals surface area (Å²) in [7, 11) is 1.26. The van der Waals surface area contributed by atoms with Crippen LogP contribution >= 0.6 is 0 Å². The number of phenolic OH excluding ortho intramolecular Hbond substituents is 1. The molecule has 1 aliphatic rings. The van der Waals surface area contributed by atoms with E-state index in [0.717, 1.165) is 0 Å². The van der Waals surface area contributed by atoms with Crippen molar-refractivity contribution in [2.75, 3.05) is 32.6 Å². The molecule has 1 fully saturated rings. The third-order valence-corrected chi connectivity index (χ3v) is 3.14. The Balaban J connectivity index is 2.25. The van der Waals surface area contributed by atoms with Crippen molar-refractivity contribution in [3.63, 3.8) is 0 Å². The summed E-state index contributed by atoms with van der Waals surface area (Å²) in [4.78, 5) is 25.4. The zero-order valence-electron chi connectivity index (χ0n) is 11.0. The molecule has 1 saturated heterocycles. The fraction of sp³-hybridized carbons (Fsp3) is 0.385. The molecule has 1 atom stereocenters. The summed E-state index contributed by atoms with van der Waals surface area (Å²) in [6, 6.07) is 3.44. The van der Waals surface area contributed by atoms with Crippen molar-refractivity contribution in [2.24, 2.45) is 0 Å². The average molecular weight is 280 g/mol. The number of nitrogens with two attached hydrogens (primary N) is 1. The largest absolute Gasteiger partial charge is 0.506 e. The van der Waals surface area contributed by atoms with E-state index in [1.165, 1.54) is 30.2 Å². The van der Waals surface area contributed by atoms with Crippen LogP contribution in [0.3, 0.4) is 0 Å². The third kappa shape index (κ3) is 2.67. The number of hydrogen-bond donors (Lipinski definition) is 2. The quantitative estimate of drug-likeness (QED) is 0.449. The number of phenols is 1. The fourth-order valence-electron chi connectivity index (χ4n) is 2.02. The molecule has 20 heavy (non-hydrogen) atoms. The van der Waals surface area contributed by atoms with Crippen LogP contribution in [-0.4, -0.2) is 54.8 Å². The number of esters is 1. The molecule has 1 amide bonds. The molecule has 3 N–H and O–H groups in total. The van der Waals surface area contributed by atoms with Crippen LogP contribution in [-0.2, 0) is 14.3 Å². The molecule has 2 rings (SSSR count). The zero-order valence-corrected chi connectivity index (χ0v) is 11.0. The van der Waals surface area contributed by atoms with Gasteiger partial charge >= 0.3 is 5.97 Å². The van der Waals surface area contributed by atoms with E-state index >= 15 is 0 Å². The van der Waals surface area contributed by atoms with Crippen LogP contribution in [0.15, 0.2) is 18.2 Å². The molecule has 1 heterocycles. The lowest BCUT2D eigenvalue weighted by atomic mass is 10.1. The number of amides is 1. The number of methoxy groups -OCH3 is 1. The number of nitrogens with zero attached hydrogens (tertiary/aromatic N) is 1. The number of benzene rings is 1. The van der Waals surface area contributed by atoms with E-state index < -0.39 is 12.0 Å². The second-order valence-corrected chi connectivity index (χ2v) is 4.39. The summed E-state index contributed by atoms with van der Waals surface area (Å²) >= 11 is 0. The van der Waals surface area contributed by atoms with E-state index in [9.17, 15) is 14.7 Å². The van der Waals surface area contributed by atoms with E-state index in [4.69, 9.17) is 10.5 Å². The van der Waals surface area contributed by atoms with Crippen molar-refractivity contribution < 1.29 is 24.2 Å². The number of morpholine rings is 1. The minimum atomic E-state index is -0.777. The molecule has 1 aliphatic heterocycles. The van der Waals surface area contributed by atoms with E-state index in [0.29, 0.717) is 6.61 Å². The molecule has 1 aromatic carbocycles. The van der Waals surface area contributed by atoms with Crippen LogP contribution < -0.4 is 5.73 Å². The molecule has 0 aliphatic carbocycles. The minimum Gasteiger partial charge on any atom is -0.506 e. The van der Waals surface area contributed by atoms with E-state index in [1.807, 2.05) is 0 Å². The SMILES string of the molecule is COC(=O)C1COCCN1C(=O)c1ccc(N)c(O)c1. The number of nitrogen functional groups attached to an aromatic ring is 1. The van der Waals surface area contributed by atoms with Gasteiger partial charge in [-0.15, -0.1) is 0 Å². The van der Waals surface area contributed by atoms with Gasteiger partial charge in [0.25, 0.3) is 5.91 Å². The number of carbonyl (C=O) groups excluding carboxylic acids is 2. The van der Waals surface area contributed by atoms with Gasteiger partial charge in [-0.05, 0) is 18.2 Å². The van der Waals surface area contributed by atoms with Crippen LogP contribution in [0.5, 0.6) is 5.75 Å². The molecular weight excluding hydrogens is 264 g/mol. The summed E-state index contributed by atoms with van der Waals surface area (Å²) < 4.78 is 9.87. The first-order valence-corrected chi connectivity index (χ1v) is 6.09. The molecule has 0 spiro atoms. The van der Waals surface area contributed by atoms with Gasteiger partial charge in [-0.3, -0.25) is 4.79 Å². The number of carbonyl (C=O) groups is 2. The fourth-order valence-corrected chi connectivity index (χ4v) is 2.02. The molecule has 0 radical (unpaired) electrons. The highest BCUT2D eigenvalue weighted by Gasteiger charge is 2.34. The smallest absolute Gasteiger partial charge is 0.331 e. The van der Waals surface area contributed by atoms with Gasteiger partial charge in [0.05, 0.1) is 26.0 Å². The summed E-state index contributed by atoms with van der Waals surface area (Å²) in [6.07, 6.45) is 0. The van der Waals surface area contributed by atoms with E-state index in [2.05, 4.69) is 4.74 Å². The number of rotatable bonds is 2. The summed E-state index contributed by atoms with van der Waals surface area (Å²) in [6.45, 7) is 0.725. The highest BCUT2D eigenvalue weighted by molar-refractivity contribution is 5.97. The first-order valence-electron chi connectivity index (χ1n) is 6.09. The Morgan fingerprint density at radius 2 is 2.25 bits per heavy atom. The molecule has 0 saturated carbocycles. The molecule has 7 heteroatoms. The van der Waals surface area contributed by atoms with Crippen LogP contribution in [0, 0.1) is 0 Å². The highest BCUT2D eigenvalue weighted by Crippen LogP contribution is 2.22. The predicted octanol–water partition coefficient (Wildman–Crippen LogP) is -0.0116. The van der Waals surface area contributed by atoms with Gasteiger partial charge in [-0.25, -0.2) is 4.79 Å². The highest BCUT2D eigenvalue weighted by atomic mass is 16.5. The standard InChI is InChI=1S/C13H16N2O5/c1-19-13(18)10-7-20-5-4-15(10)12(17)8-2-3-9(14)11(16)6-8/h2-3,6,10,16H,4-5,7,14H2,1H3. The van der Waals surface area contributed by atoms with Gasteiger partial charge in [0, 0.05) is 12.1 Å². The lowest BCUT2D eigenvalue weighted by Crippen LogP contribution is -2.53. The normalized spacial score (nSPS) is 18.6. The lowest BCUT2D eigenvalue weighted by Gasteiger charge is -2.33. The maximum atomic E-state index is 12.4. The Hall–Kier alpha value is -2.28. The Morgan fingerprint density at radius 1 is 1.50 bits per heavy atom. The zero-order chi connectivity index (χ0) is 14.7. The second-order valence-electron chi connectivity index (χ2n) is 4.39. The maximum absolute atomic E-state index is 12.4. The summed E-state index contributed by atoms with van der Waals surface area (Å²) in [5.74, 6) is -1.07. The average Bonchev–Trinajstić information content (AvgIpc) is 2.48. The monoisotopic (exact) mass is 280 g/mol. The minimum absolute atomic E-state index is 0.0966. The molecular formula is C13H16N2O5. The van der Waals surface area contributed by atoms with Crippen molar-refractivity contribution in [1.29, 1.82) is 0 Å². The van der Waals surface area contributed by atoms with E-state index in [-0.39, 0.29) is 36.1 Å². The van der Waals surface area contributed by atoms with Crippen molar-refractivity contribution in [3.05, 3.63) is 23.8 Å². The number of ether oxygens (including phenoxy) is 2. The summed E-state index contributed by atoms with van der Waals surface area (Å²) in [5.41, 5.74) is 5.94. The van der Waals surface area contributed by atoms with Gasteiger partial charge in [0.2, 0.25) is 0 Å². The maximum Gasteiger partial charge on any atom is 0.331 e. The van der Waals surface area contributed by atoms with Crippen LogP contribution in [0.25, 0.3) is 0 Å². The number of anilines is 1. The van der Waals surface area contributed by atoms with Gasteiger partial charge in [0.15, 0.2) is 6.04 Å². The van der Waals surface area contributed by atoms with Crippen molar-refractivity contribution >= 4 is 17.6 Å². The first kappa shape index (κ1) is 14.1. The third-order valence-electron chi connectivity index (χ3n) is 3.14. The van der Waals surface area contributed by atoms with Crippen molar-refractivity contribution in [1.82, 2.24) is 4.90 Å².